The van der Waals surface area contributed by atoms with Crippen molar-refractivity contribution in [1.82, 2.24) is 14.8 Å². The van der Waals surface area contributed by atoms with Crippen molar-refractivity contribution in [3.63, 3.8) is 0 Å². The summed E-state index contributed by atoms with van der Waals surface area (Å²) in [7, 11) is 0. The van der Waals surface area contributed by atoms with Crippen LogP contribution in [0.2, 0.25) is 0 Å². The first kappa shape index (κ1) is 33.3. The summed E-state index contributed by atoms with van der Waals surface area (Å²) in [4.78, 5) is 27.5. The molecule has 3 aliphatic heterocycles. The number of carboxylic acid groups (broad SMARTS) is 2. The number of fused-ring (bicyclic) bond motifs is 1. The number of ether oxygens (including phenoxy) is 1. The van der Waals surface area contributed by atoms with E-state index in [-0.39, 0.29) is 0 Å². The fourth-order valence-electron chi connectivity index (χ4n) is 5.73. The van der Waals surface area contributed by atoms with Gasteiger partial charge in [0.1, 0.15) is 0 Å². The number of likely N-dealkylation sites (tertiary alicyclic amines) is 2. The van der Waals surface area contributed by atoms with Gasteiger partial charge < -0.3 is 19.8 Å². The molecule has 5 rings (SSSR count). The van der Waals surface area contributed by atoms with Crippen molar-refractivity contribution in [2.24, 2.45) is 11.8 Å². The number of aliphatic carboxylic acids is 2. The number of carboxylic acids is 2. The van der Waals surface area contributed by atoms with Gasteiger partial charge in [-0.1, -0.05) is 36.4 Å². The molecule has 2 N–H and O–H groups in total. The number of carbonyl (C=O) groups is 2. The van der Waals surface area contributed by atoms with Gasteiger partial charge in [0.25, 0.3) is 0 Å². The van der Waals surface area contributed by atoms with Crippen LogP contribution in [0.1, 0.15) is 24.0 Å². The van der Waals surface area contributed by atoms with Crippen LogP contribution < -0.4 is 0 Å². The summed E-state index contributed by atoms with van der Waals surface area (Å²) in [5.74, 6) is -4.08. The monoisotopic (exact) mass is 605 g/mol. The number of alkyl halides is 6. The summed E-state index contributed by atoms with van der Waals surface area (Å²) in [5.41, 5.74) is 3.16. The van der Waals surface area contributed by atoms with Crippen LogP contribution in [-0.4, -0.2) is 95.2 Å². The van der Waals surface area contributed by atoms with Crippen molar-refractivity contribution in [1.29, 1.82) is 0 Å². The first-order valence-corrected chi connectivity index (χ1v) is 13.3. The van der Waals surface area contributed by atoms with E-state index in [1.54, 1.807) is 0 Å². The second kappa shape index (κ2) is 14.3. The topological polar surface area (TPSA) is 103 Å². The maximum Gasteiger partial charge on any atom is 0.490 e. The summed E-state index contributed by atoms with van der Waals surface area (Å²) < 4.78 is 69.1. The number of nitrogens with zero attached hydrogens (tertiary/aromatic N) is 3. The molecular formula is C28H33F6N3O5. The number of aromatic nitrogens is 1. The third-order valence-electron chi connectivity index (χ3n) is 7.62. The smallest absolute Gasteiger partial charge is 0.475 e. The lowest BCUT2D eigenvalue weighted by atomic mass is 9.68. The van der Waals surface area contributed by atoms with Crippen molar-refractivity contribution >= 4 is 11.9 Å². The van der Waals surface area contributed by atoms with E-state index in [1.165, 1.54) is 50.1 Å². The zero-order chi connectivity index (χ0) is 31.0. The van der Waals surface area contributed by atoms with Crippen molar-refractivity contribution in [2.45, 2.75) is 37.2 Å². The first-order valence-electron chi connectivity index (χ1n) is 13.3. The van der Waals surface area contributed by atoms with Gasteiger partial charge in [0.05, 0.1) is 6.61 Å². The van der Waals surface area contributed by atoms with E-state index < -0.39 is 24.3 Å². The SMILES string of the molecule is O=C(O)C(F)(F)F.O=C(O)C(F)(F)F.c1ccc(C23CCN(CC4CCOC4)CC2CN(Cc2cccnc2)C3)cc1. The Labute approximate surface area is 238 Å². The molecular weight excluding hydrogens is 572 g/mol. The highest BCUT2D eigenvalue weighted by Crippen LogP contribution is 2.45. The molecule has 0 radical (unpaired) electrons. The molecule has 4 heterocycles. The van der Waals surface area contributed by atoms with Gasteiger partial charge in [0, 0.05) is 57.1 Å². The number of hydrogen-bond donors (Lipinski definition) is 2. The van der Waals surface area contributed by atoms with Crippen molar-refractivity contribution in [2.75, 3.05) is 45.9 Å². The van der Waals surface area contributed by atoms with Crippen LogP contribution in [0.15, 0.2) is 54.9 Å². The molecule has 1 aromatic heterocycles. The van der Waals surface area contributed by atoms with E-state index in [4.69, 9.17) is 24.5 Å². The summed E-state index contributed by atoms with van der Waals surface area (Å²) >= 11 is 0. The Morgan fingerprint density at radius 3 is 2.10 bits per heavy atom. The quantitative estimate of drug-likeness (QED) is 0.482. The van der Waals surface area contributed by atoms with Crippen LogP contribution in [0, 0.1) is 11.8 Å². The van der Waals surface area contributed by atoms with Crippen molar-refractivity contribution in [3.8, 4) is 0 Å². The van der Waals surface area contributed by atoms with Gasteiger partial charge in [-0.15, -0.1) is 0 Å². The maximum absolute atomic E-state index is 10.6. The Balaban J connectivity index is 0.000000289. The number of hydrogen-bond acceptors (Lipinski definition) is 6. The Kier molecular flexibility index (Phi) is 11.3. The molecule has 0 bridgehead atoms. The normalized spacial score (nSPS) is 24.5. The molecule has 42 heavy (non-hydrogen) atoms. The van der Waals surface area contributed by atoms with Gasteiger partial charge in [-0.25, -0.2) is 9.59 Å². The minimum absolute atomic E-state index is 0.298. The first-order chi connectivity index (χ1) is 19.7. The molecule has 0 spiro atoms. The minimum Gasteiger partial charge on any atom is -0.475 e. The van der Waals surface area contributed by atoms with Crippen LogP contribution in [-0.2, 0) is 26.3 Å². The highest BCUT2D eigenvalue weighted by Gasteiger charge is 2.50. The Morgan fingerprint density at radius 2 is 1.57 bits per heavy atom. The Morgan fingerprint density at radius 1 is 0.952 bits per heavy atom. The lowest BCUT2D eigenvalue weighted by Gasteiger charge is -2.44. The van der Waals surface area contributed by atoms with E-state index in [1.807, 2.05) is 12.4 Å². The lowest BCUT2D eigenvalue weighted by molar-refractivity contribution is -0.193. The molecule has 232 valence electrons. The van der Waals surface area contributed by atoms with E-state index >= 15 is 0 Å². The maximum atomic E-state index is 10.6. The number of pyridine rings is 1. The van der Waals surface area contributed by atoms with Gasteiger partial charge >= 0.3 is 24.3 Å². The van der Waals surface area contributed by atoms with Crippen molar-refractivity contribution in [3.05, 3.63) is 66.0 Å². The summed E-state index contributed by atoms with van der Waals surface area (Å²) in [6.07, 6.45) is -3.79. The second-order valence-electron chi connectivity index (χ2n) is 10.6. The molecule has 3 saturated heterocycles. The third-order valence-corrected chi connectivity index (χ3v) is 7.62. The number of halogens is 6. The summed E-state index contributed by atoms with van der Waals surface area (Å²) in [6, 6.07) is 15.6. The Bertz CT molecular complexity index is 1120. The molecule has 1 aromatic carbocycles. The van der Waals surface area contributed by atoms with Crippen molar-refractivity contribution < 1.29 is 50.9 Å². The summed E-state index contributed by atoms with van der Waals surface area (Å²) in [6.45, 7) is 8.90. The third kappa shape index (κ3) is 9.39. The fourth-order valence-corrected chi connectivity index (χ4v) is 5.73. The zero-order valence-corrected chi connectivity index (χ0v) is 22.7. The van der Waals surface area contributed by atoms with E-state index in [0.717, 1.165) is 32.2 Å². The molecule has 3 unspecified atom stereocenters. The van der Waals surface area contributed by atoms with Gasteiger partial charge in [-0.2, -0.15) is 26.3 Å². The molecule has 8 nitrogen and oxygen atoms in total. The van der Waals surface area contributed by atoms with Crippen LogP contribution in [0.5, 0.6) is 0 Å². The van der Waals surface area contributed by atoms with Crippen LogP contribution in [0.3, 0.4) is 0 Å². The molecule has 3 atom stereocenters. The fraction of sp³-hybridized carbons (Fsp3) is 0.536. The highest BCUT2D eigenvalue weighted by atomic mass is 19.4. The summed E-state index contributed by atoms with van der Waals surface area (Å²) in [5, 5.41) is 14.2. The highest BCUT2D eigenvalue weighted by molar-refractivity contribution is 5.73. The molecule has 14 heteroatoms. The molecule has 3 aliphatic rings. The molecule has 3 fully saturated rings. The van der Waals surface area contributed by atoms with Crippen LogP contribution in [0.25, 0.3) is 0 Å². The largest absolute Gasteiger partial charge is 0.490 e. The zero-order valence-electron chi connectivity index (χ0n) is 22.7. The second-order valence-corrected chi connectivity index (χ2v) is 10.6. The standard InChI is InChI=1S/C24H31N3O.2C2HF3O2/c1-2-6-22(7-3-1)24-9-11-26(15-21-8-12-28-18-21)16-23(24)17-27(19-24)14-20-5-4-10-25-13-20;2*3-2(4,5)1(6)7/h1-7,10,13,21,23H,8-9,11-12,14-19H2;2*(H,6,7). The molecule has 0 aliphatic carbocycles. The van der Waals surface area contributed by atoms with Gasteiger partial charge in [-0.05, 0) is 48.4 Å². The molecule has 0 amide bonds. The average molecular weight is 606 g/mol. The van der Waals surface area contributed by atoms with E-state index in [0.29, 0.717) is 11.3 Å². The molecule has 0 saturated carbocycles. The van der Waals surface area contributed by atoms with Gasteiger partial charge in [0.2, 0.25) is 0 Å². The van der Waals surface area contributed by atoms with E-state index in [9.17, 15) is 26.3 Å². The number of benzene rings is 1. The average Bonchev–Trinajstić information content (AvgIpc) is 3.57. The Hall–Kier alpha value is -3.23. The van der Waals surface area contributed by atoms with Gasteiger partial charge in [-0.3, -0.25) is 9.88 Å². The van der Waals surface area contributed by atoms with Gasteiger partial charge in [0.15, 0.2) is 0 Å². The lowest BCUT2D eigenvalue weighted by Crippen LogP contribution is -2.50. The van der Waals surface area contributed by atoms with Crippen LogP contribution in [0.4, 0.5) is 26.3 Å². The predicted octanol–water partition coefficient (Wildman–Crippen LogP) is 4.46. The number of rotatable bonds is 5. The predicted molar refractivity (Wildman–Crippen MR) is 138 cm³/mol. The minimum atomic E-state index is -5.08. The van der Waals surface area contributed by atoms with E-state index in [2.05, 4.69) is 57.2 Å². The number of piperidine rings is 1. The van der Waals surface area contributed by atoms with Crippen LogP contribution >= 0.6 is 0 Å². The molecule has 2 aromatic rings.